The number of esters is 1. The first-order valence-corrected chi connectivity index (χ1v) is 8.91. The van der Waals surface area contributed by atoms with E-state index < -0.39 is 11.2 Å². The van der Waals surface area contributed by atoms with Crippen LogP contribution in [0.1, 0.15) is 27.2 Å². The Morgan fingerprint density at radius 2 is 1.60 bits per heavy atom. The number of hydrogen-bond donors (Lipinski definition) is 2. The lowest BCUT2D eigenvalue weighted by Crippen LogP contribution is -2.05. The number of benzene rings is 2. The average Bonchev–Trinajstić information content (AvgIpc) is 2.80. The van der Waals surface area contributed by atoms with Crippen LogP contribution in [-0.4, -0.2) is 18.2 Å². The first kappa shape index (κ1) is 22.1. The average molecular weight is 403 g/mol. The van der Waals surface area contributed by atoms with Gasteiger partial charge >= 0.3 is 5.97 Å². The molecule has 0 saturated carbocycles. The lowest BCUT2D eigenvalue weighted by atomic mass is 10.1. The molecule has 0 aliphatic heterocycles. The first-order valence-electron chi connectivity index (χ1n) is 8.91. The summed E-state index contributed by atoms with van der Waals surface area (Å²) in [7, 11) is 1.34. The molecule has 0 bridgehead atoms. The second kappa shape index (κ2) is 10.9. The van der Waals surface area contributed by atoms with Crippen molar-refractivity contribution < 1.29 is 19.1 Å². The van der Waals surface area contributed by atoms with Crippen molar-refractivity contribution in [1.82, 2.24) is 0 Å². The van der Waals surface area contributed by atoms with Crippen molar-refractivity contribution in [2.45, 2.75) is 6.54 Å². The minimum atomic E-state index is -0.478. The van der Waals surface area contributed by atoms with E-state index in [1.165, 1.54) is 13.4 Å². The molecule has 0 atom stereocenters. The van der Waals surface area contributed by atoms with Gasteiger partial charge in [-0.15, -0.1) is 13.2 Å². The summed E-state index contributed by atoms with van der Waals surface area (Å²) in [6, 6.07) is 15.4. The number of nitrogens with one attached hydrogen (secondary N) is 1. The number of hydrogen-bond acceptors (Lipinski definition) is 6. The number of carbonyl (C=O) groups excluding carboxylic acids is 1. The van der Waals surface area contributed by atoms with Crippen LogP contribution in [0.2, 0.25) is 0 Å². The summed E-state index contributed by atoms with van der Waals surface area (Å²) in [5, 5.41) is 12.7. The van der Waals surface area contributed by atoms with Crippen LogP contribution in [-0.2, 0) is 11.3 Å². The highest BCUT2D eigenvalue weighted by Gasteiger charge is 2.07. The molecule has 6 heteroatoms. The summed E-state index contributed by atoms with van der Waals surface area (Å²) in [5.41, 5.74) is 2.39. The van der Waals surface area contributed by atoms with Gasteiger partial charge in [-0.2, -0.15) is 0 Å². The van der Waals surface area contributed by atoms with Crippen LogP contribution >= 0.6 is 0 Å². The first-order chi connectivity index (χ1) is 14.6. The van der Waals surface area contributed by atoms with Crippen LogP contribution in [0.3, 0.4) is 0 Å². The molecule has 152 valence electrons. The maximum absolute atomic E-state index is 11.4. The number of ether oxygens (including phenoxy) is 1. The standard InChI is InChI=1S/C22H17NO5.C2H4/c1-27-22(26)17-8-4-15(5-9-17)2-3-16-6-10-18(11-7-16)23-14-20-21(25)19(24)12-13-28-20;1-2/h4-13,23,25H,14H2,1H3;1-2H2. The Morgan fingerprint density at radius 1 is 1.03 bits per heavy atom. The summed E-state index contributed by atoms with van der Waals surface area (Å²) in [4.78, 5) is 22.8. The highest BCUT2D eigenvalue weighted by Crippen LogP contribution is 2.15. The maximum Gasteiger partial charge on any atom is 0.337 e. The van der Waals surface area contributed by atoms with E-state index in [1.807, 2.05) is 24.3 Å². The molecule has 0 aliphatic carbocycles. The van der Waals surface area contributed by atoms with Gasteiger partial charge in [0.1, 0.15) is 0 Å². The zero-order valence-corrected chi connectivity index (χ0v) is 16.5. The van der Waals surface area contributed by atoms with Crippen molar-refractivity contribution in [3.8, 4) is 17.6 Å². The highest BCUT2D eigenvalue weighted by molar-refractivity contribution is 5.89. The third kappa shape index (κ3) is 5.88. The minimum absolute atomic E-state index is 0.173. The minimum Gasteiger partial charge on any atom is -0.502 e. The van der Waals surface area contributed by atoms with Crippen molar-refractivity contribution in [2.24, 2.45) is 0 Å². The Labute approximate surface area is 174 Å². The van der Waals surface area contributed by atoms with E-state index in [0.717, 1.165) is 22.9 Å². The Balaban J connectivity index is 0.00000155. The fourth-order valence-electron chi connectivity index (χ4n) is 2.38. The van der Waals surface area contributed by atoms with E-state index in [-0.39, 0.29) is 18.3 Å². The van der Waals surface area contributed by atoms with Gasteiger partial charge in [-0.1, -0.05) is 11.8 Å². The van der Waals surface area contributed by atoms with Crippen molar-refractivity contribution >= 4 is 11.7 Å². The SMILES string of the molecule is C=C.COC(=O)c1ccc(C#Cc2ccc(NCc3occc(=O)c3O)cc2)cc1. The molecule has 0 aliphatic rings. The van der Waals surface area contributed by atoms with Crippen LogP contribution in [0, 0.1) is 11.8 Å². The molecule has 1 heterocycles. The van der Waals surface area contributed by atoms with Gasteiger partial charge in [0.2, 0.25) is 11.2 Å². The highest BCUT2D eigenvalue weighted by atomic mass is 16.5. The lowest BCUT2D eigenvalue weighted by Gasteiger charge is -2.06. The Bertz CT molecular complexity index is 1100. The molecule has 3 aromatic rings. The van der Waals surface area contributed by atoms with Crippen molar-refractivity contribution in [3.63, 3.8) is 0 Å². The fourth-order valence-corrected chi connectivity index (χ4v) is 2.38. The summed E-state index contributed by atoms with van der Waals surface area (Å²) in [6.07, 6.45) is 1.25. The van der Waals surface area contributed by atoms with Gasteiger partial charge < -0.3 is 19.6 Å². The predicted molar refractivity (Wildman–Crippen MR) is 115 cm³/mol. The van der Waals surface area contributed by atoms with E-state index in [9.17, 15) is 14.7 Å². The molecular weight excluding hydrogens is 382 g/mol. The van der Waals surface area contributed by atoms with Crippen LogP contribution < -0.4 is 10.7 Å². The second-order valence-electron chi connectivity index (χ2n) is 5.81. The predicted octanol–water partition coefficient (Wildman–Crippen LogP) is 3.95. The summed E-state index contributed by atoms with van der Waals surface area (Å²) in [5.74, 6) is 5.47. The van der Waals surface area contributed by atoms with Crippen molar-refractivity contribution in [3.05, 3.63) is 107 Å². The largest absolute Gasteiger partial charge is 0.502 e. The van der Waals surface area contributed by atoms with Crippen molar-refractivity contribution in [1.29, 1.82) is 0 Å². The number of aromatic hydroxyl groups is 1. The Morgan fingerprint density at radius 3 is 2.17 bits per heavy atom. The topological polar surface area (TPSA) is 88.8 Å². The molecule has 30 heavy (non-hydrogen) atoms. The second-order valence-corrected chi connectivity index (χ2v) is 5.81. The van der Waals surface area contributed by atoms with Crippen LogP contribution in [0.5, 0.6) is 5.75 Å². The lowest BCUT2D eigenvalue weighted by molar-refractivity contribution is 0.0600. The molecule has 6 nitrogen and oxygen atoms in total. The maximum atomic E-state index is 11.4. The molecule has 0 radical (unpaired) electrons. The van der Waals surface area contributed by atoms with E-state index in [0.29, 0.717) is 5.56 Å². The van der Waals surface area contributed by atoms with Gasteiger partial charge in [0, 0.05) is 22.9 Å². The number of anilines is 1. The third-order valence-corrected chi connectivity index (χ3v) is 3.92. The van der Waals surface area contributed by atoms with E-state index in [2.05, 4.69) is 35.1 Å². The monoisotopic (exact) mass is 403 g/mol. The van der Waals surface area contributed by atoms with Crippen LogP contribution in [0.4, 0.5) is 5.69 Å². The van der Waals surface area contributed by atoms with E-state index in [1.54, 1.807) is 24.3 Å². The zero-order valence-electron chi connectivity index (χ0n) is 16.5. The van der Waals surface area contributed by atoms with Gasteiger partial charge in [-0.3, -0.25) is 4.79 Å². The molecule has 0 unspecified atom stereocenters. The molecule has 3 rings (SSSR count). The van der Waals surface area contributed by atoms with Gasteiger partial charge in [-0.05, 0) is 48.5 Å². The number of methoxy groups -OCH3 is 1. The summed E-state index contributed by atoms with van der Waals surface area (Å²) < 4.78 is 9.80. The van der Waals surface area contributed by atoms with Gasteiger partial charge in [0.05, 0.1) is 25.5 Å². The van der Waals surface area contributed by atoms with Crippen LogP contribution in [0.15, 0.2) is 83.2 Å². The van der Waals surface area contributed by atoms with Crippen molar-refractivity contribution in [2.75, 3.05) is 12.4 Å². The third-order valence-electron chi connectivity index (χ3n) is 3.92. The molecular formula is C24H21NO5. The Hall–Kier alpha value is -4.24. The normalized spacial score (nSPS) is 9.37. The molecule has 2 aromatic carbocycles. The smallest absolute Gasteiger partial charge is 0.337 e. The van der Waals surface area contributed by atoms with Gasteiger partial charge in [0.25, 0.3) is 0 Å². The van der Waals surface area contributed by atoms with E-state index in [4.69, 9.17) is 4.42 Å². The molecule has 0 spiro atoms. The number of rotatable bonds is 4. The zero-order chi connectivity index (χ0) is 21.9. The van der Waals surface area contributed by atoms with Crippen LogP contribution in [0.25, 0.3) is 0 Å². The summed E-state index contributed by atoms with van der Waals surface area (Å²) in [6.45, 7) is 6.18. The molecule has 0 amide bonds. The summed E-state index contributed by atoms with van der Waals surface area (Å²) >= 11 is 0. The molecule has 2 N–H and O–H groups in total. The fraction of sp³-hybridized carbons (Fsp3) is 0.0833. The van der Waals surface area contributed by atoms with E-state index >= 15 is 0 Å². The Kier molecular flexibility index (Phi) is 8.04. The number of carbonyl (C=O) groups is 1. The quantitative estimate of drug-likeness (QED) is 0.390. The van der Waals surface area contributed by atoms with Gasteiger partial charge in [0.15, 0.2) is 5.76 Å². The molecule has 0 fully saturated rings. The molecule has 0 saturated heterocycles. The molecule has 1 aromatic heterocycles. The van der Waals surface area contributed by atoms with Gasteiger partial charge in [-0.25, -0.2) is 4.79 Å².